The van der Waals surface area contributed by atoms with Gasteiger partial charge in [-0.2, -0.15) is 0 Å². The monoisotopic (exact) mass is 311 g/mol. The number of carbonyl (C=O) groups excluding carboxylic acids is 1. The van der Waals surface area contributed by atoms with E-state index in [0.717, 1.165) is 24.3 Å². The van der Waals surface area contributed by atoms with Crippen molar-refractivity contribution in [1.29, 1.82) is 0 Å². The Hall–Kier alpha value is -0.970. The van der Waals surface area contributed by atoms with Crippen LogP contribution in [0.25, 0.3) is 6.08 Å². The van der Waals surface area contributed by atoms with E-state index >= 15 is 0 Å². The molecule has 1 N–H and O–H groups in total. The van der Waals surface area contributed by atoms with Crippen LogP contribution >= 0.6 is 0 Å². The topological polar surface area (TPSA) is 61.4 Å². The van der Waals surface area contributed by atoms with Gasteiger partial charge in [-0.05, 0) is 49.3 Å². The molecule has 0 atom stereocenters. The smallest absolute Gasteiger partial charge is 0.870 e. The number of amides is 1. The molecule has 1 aliphatic rings. The summed E-state index contributed by atoms with van der Waals surface area (Å²) in [5.41, 5.74) is 0.777. The van der Waals surface area contributed by atoms with Gasteiger partial charge in [-0.15, -0.1) is 0 Å². The second-order valence-electron chi connectivity index (χ2n) is 5.71. The van der Waals surface area contributed by atoms with Crippen LogP contribution in [0.3, 0.4) is 0 Å². The third kappa shape index (κ3) is 5.67. The van der Waals surface area contributed by atoms with Crippen LogP contribution < -0.4 is 44.7 Å². The van der Waals surface area contributed by atoms with Gasteiger partial charge >= 0.3 is 29.6 Å². The maximum atomic E-state index is 11.9. The first-order valence-corrected chi connectivity index (χ1v) is 7.42. The molecular weight excluding hydrogens is 289 g/mol. The summed E-state index contributed by atoms with van der Waals surface area (Å²) in [5, 5.41) is 14.4. The van der Waals surface area contributed by atoms with Crippen molar-refractivity contribution in [2.75, 3.05) is 7.11 Å². The number of hydrogen-bond acceptors (Lipinski definition) is 3. The van der Waals surface area contributed by atoms with Crippen LogP contribution in [0.15, 0.2) is 24.3 Å². The number of ether oxygens (including phenoxy) is 1. The van der Waals surface area contributed by atoms with Crippen molar-refractivity contribution in [2.24, 2.45) is 5.92 Å². The van der Waals surface area contributed by atoms with Gasteiger partial charge in [0.25, 0.3) is 0 Å². The van der Waals surface area contributed by atoms with Gasteiger partial charge in [0.2, 0.25) is 5.91 Å². The number of nitrogens with one attached hydrogen (secondary N) is 1. The molecule has 1 aromatic rings. The Labute approximate surface area is 154 Å². The van der Waals surface area contributed by atoms with Crippen molar-refractivity contribution in [3.63, 3.8) is 0 Å². The number of benzene rings is 1. The van der Waals surface area contributed by atoms with E-state index in [4.69, 9.17) is 4.74 Å². The Kier molecular flexibility index (Phi) is 8.01. The fourth-order valence-corrected chi connectivity index (χ4v) is 2.61. The minimum atomic E-state index is -0.157. The molecule has 0 bridgehead atoms. The standard InChI is InChI=1S/C17H23NO3.Na/c1-12-3-7-14(8-4-12)18-17(20)10-6-13-5-9-15(19)16(11-13)21-2;/h5-6,9-12,14,19H,3-4,7-8H2,1-2H3,(H,18,20);/q;+1/p-1/t12-,14-;. The molecule has 0 radical (unpaired) electrons. The fraction of sp³-hybridized carbons (Fsp3) is 0.471. The SMILES string of the molecule is COc1cc(C=CC(=O)N[C@H]2CC[C@H](C)CC2)ccc1[O-].[Na+]. The summed E-state index contributed by atoms with van der Waals surface area (Å²) >= 11 is 0. The molecule has 1 amide bonds. The third-order valence-electron chi connectivity index (χ3n) is 3.98. The second-order valence-corrected chi connectivity index (χ2v) is 5.71. The summed E-state index contributed by atoms with van der Waals surface area (Å²) in [5.74, 6) is 0.820. The normalized spacial score (nSPS) is 21.2. The second kappa shape index (κ2) is 9.23. The van der Waals surface area contributed by atoms with E-state index in [2.05, 4.69) is 12.2 Å². The molecule has 1 fully saturated rings. The molecule has 4 nitrogen and oxygen atoms in total. The van der Waals surface area contributed by atoms with Crippen molar-refractivity contribution >= 4 is 12.0 Å². The molecule has 0 spiro atoms. The van der Waals surface area contributed by atoms with Crippen molar-refractivity contribution < 1.29 is 44.2 Å². The quantitative estimate of drug-likeness (QED) is 0.601. The van der Waals surface area contributed by atoms with Crippen molar-refractivity contribution in [1.82, 2.24) is 5.32 Å². The molecule has 0 unspecified atom stereocenters. The van der Waals surface area contributed by atoms with Gasteiger partial charge in [-0.3, -0.25) is 4.79 Å². The zero-order chi connectivity index (χ0) is 15.2. The van der Waals surface area contributed by atoms with Crippen LogP contribution in [0.5, 0.6) is 11.5 Å². The minimum Gasteiger partial charge on any atom is -0.870 e. The van der Waals surface area contributed by atoms with Crippen LogP contribution in [-0.4, -0.2) is 19.1 Å². The third-order valence-corrected chi connectivity index (χ3v) is 3.98. The maximum Gasteiger partial charge on any atom is 1.00 e. The predicted molar refractivity (Wildman–Crippen MR) is 81.0 cm³/mol. The first kappa shape index (κ1) is 19.1. The van der Waals surface area contributed by atoms with Gasteiger partial charge in [0.15, 0.2) is 0 Å². The predicted octanol–water partition coefficient (Wildman–Crippen LogP) is -0.519. The number of hydrogen-bond donors (Lipinski definition) is 1. The number of rotatable bonds is 4. The van der Waals surface area contributed by atoms with Gasteiger partial charge in [-0.1, -0.05) is 24.8 Å². The van der Waals surface area contributed by atoms with E-state index in [0.29, 0.717) is 5.75 Å². The number of carbonyl (C=O) groups is 1. The fourth-order valence-electron chi connectivity index (χ4n) is 2.61. The zero-order valence-electron chi connectivity index (χ0n) is 13.6. The van der Waals surface area contributed by atoms with Crippen LogP contribution in [0.2, 0.25) is 0 Å². The van der Waals surface area contributed by atoms with Crippen molar-refractivity contribution in [2.45, 2.75) is 38.6 Å². The van der Waals surface area contributed by atoms with Crippen molar-refractivity contribution in [3.8, 4) is 11.5 Å². The summed E-state index contributed by atoms with van der Waals surface area (Å²) in [7, 11) is 1.46. The largest absolute Gasteiger partial charge is 1.00 e. The summed E-state index contributed by atoms with van der Waals surface area (Å²) in [6.45, 7) is 2.25. The Morgan fingerprint density at radius 3 is 2.64 bits per heavy atom. The van der Waals surface area contributed by atoms with Gasteiger partial charge in [-0.25, -0.2) is 0 Å². The summed E-state index contributed by atoms with van der Waals surface area (Å²) in [4.78, 5) is 11.9. The Balaban J connectivity index is 0.00000242. The van der Waals surface area contributed by atoms with E-state index < -0.39 is 0 Å². The molecule has 0 saturated heterocycles. The summed E-state index contributed by atoms with van der Waals surface area (Å²) in [6, 6.07) is 5.04. The van der Waals surface area contributed by atoms with E-state index in [1.54, 1.807) is 18.2 Å². The summed E-state index contributed by atoms with van der Waals surface area (Å²) < 4.78 is 4.98. The van der Waals surface area contributed by atoms with Crippen LogP contribution in [0.4, 0.5) is 0 Å². The molecule has 1 saturated carbocycles. The van der Waals surface area contributed by atoms with Crippen LogP contribution in [0.1, 0.15) is 38.2 Å². The molecule has 1 aliphatic carbocycles. The minimum absolute atomic E-state index is 0. The average Bonchev–Trinajstić information content (AvgIpc) is 2.49. The molecule has 0 aliphatic heterocycles. The molecule has 0 aromatic heterocycles. The first-order chi connectivity index (χ1) is 10.1. The number of methoxy groups -OCH3 is 1. The maximum absolute atomic E-state index is 11.9. The van der Waals surface area contributed by atoms with Gasteiger partial charge in [0.05, 0.1) is 7.11 Å². The zero-order valence-corrected chi connectivity index (χ0v) is 15.6. The van der Waals surface area contributed by atoms with E-state index in [1.807, 2.05) is 0 Å². The van der Waals surface area contributed by atoms with Gasteiger partial charge in [0.1, 0.15) is 5.75 Å². The molecule has 0 heterocycles. The van der Waals surface area contributed by atoms with Crippen molar-refractivity contribution in [3.05, 3.63) is 29.8 Å². The van der Waals surface area contributed by atoms with E-state index in [-0.39, 0.29) is 47.3 Å². The molecule has 22 heavy (non-hydrogen) atoms. The first-order valence-electron chi connectivity index (χ1n) is 7.42. The molecule has 2 rings (SSSR count). The Bertz CT molecular complexity index is 523. The molecule has 5 heteroatoms. The van der Waals surface area contributed by atoms with E-state index in [1.165, 1.54) is 32.1 Å². The van der Waals surface area contributed by atoms with E-state index in [9.17, 15) is 9.90 Å². The Morgan fingerprint density at radius 2 is 2.00 bits per heavy atom. The average molecular weight is 311 g/mol. The van der Waals surface area contributed by atoms with Gasteiger partial charge in [0, 0.05) is 12.1 Å². The Morgan fingerprint density at radius 1 is 1.32 bits per heavy atom. The van der Waals surface area contributed by atoms with Crippen LogP contribution in [-0.2, 0) is 4.79 Å². The molecular formula is C17H22NNaO3. The van der Waals surface area contributed by atoms with Crippen LogP contribution in [0, 0.1) is 5.92 Å². The summed E-state index contributed by atoms with van der Waals surface area (Å²) in [6.07, 6.45) is 7.67. The molecule has 114 valence electrons. The molecule has 1 aromatic carbocycles. The van der Waals surface area contributed by atoms with Gasteiger partial charge < -0.3 is 15.2 Å².